The number of methoxy groups -OCH3 is 1. The Balaban J connectivity index is 1.37. The number of carbonyl (C=O) groups excluding carboxylic acids is 2. The van der Waals surface area contributed by atoms with Gasteiger partial charge in [0.15, 0.2) is 12.4 Å². The van der Waals surface area contributed by atoms with E-state index >= 15 is 0 Å². The highest BCUT2D eigenvalue weighted by atomic mass is 16.5. The standard InChI is InChI=1S/C24H20N2O4/c1-29-18-10-12-19(13-11-18)30-15-24(28)25-17-8-6-16(7-9-17)22-14-23(27)20-4-2-3-5-21(20)26-22/h2-13H,14-15H2,1H3,(H,25,28). The van der Waals surface area contributed by atoms with Crippen molar-refractivity contribution in [1.82, 2.24) is 0 Å². The van der Waals surface area contributed by atoms with Crippen molar-refractivity contribution in [3.05, 3.63) is 83.9 Å². The van der Waals surface area contributed by atoms with Crippen molar-refractivity contribution in [3.63, 3.8) is 0 Å². The zero-order valence-corrected chi connectivity index (χ0v) is 16.4. The van der Waals surface area contributed by atoms with Crippen molar-refractivity contribution >= 4 is 28.8 Å². The van der Waals surface area contributed by atoms with Crippen molar-refractivity contribution in [1.29, 1.82) is 0 Å². The number of para-hydroxylation sites is 1. The third-order valence-corrected chi connectivity index (χ3v) is 4.72. The van der Waals surface area contributed by atoms with E-state index in [-0.39, 0.29) is 24.7 Å². The Morgan fingerprint density at radius 3 is 2.40 bits per heavy atom. The summed E-state index contributed by atoms with van der Waals surface area (Å²) in [5.74, 6) is 1.10. The topological polar surface area (TPSA) is 77.0 Å². The van der Waals surface area contributed by atoms with Crippen molar-refractivity contribution in [2.75, 3.05) is 19.0 Å². The highest BCUT2D eigenvalue weighted by molar-refractivity contribution is 6.20. The van der Waals surface area contributed by atoms with Gasteiger partial charge in [0, 0.05) is 11.3 Å². The first-order chi connectivity index (χ1) is 14.6. The Hall–Kier alpha value is -3.93. The van der Waals surface area contributed by atoms with Gasteiger partial charge in [0.2, 0.25) is 0 Å². The van der Waals surface area contributed by atoms with Gasteiger partial charge in [0.1, 0.15) is 11.5 Å². The SMILES string of the molecule is COc1ccc(OCC(=O)Nc2ccc(C3=Nc4ccccc4C(=O)C3)cc2)cc1. The highest BCUT2D eigenvalue weighted by Gasteiger charge is 2.20. The van der Waals surface area contributed by atoms with E-state index < -0.39 is 0 Å². The number of amides is 1. The smallest absolute Gasteiger partial charge is 0.262 e. The number of Topliss-reactive ketones (excluding diaryl/α,β-unsaturated/α-hetero) is 1. The summed E-state index contributed by atoms with van der Waals surface area (Å²) in [6, 6.07) is 21.6. The summed E-state index contributed by atoms with van der Waals surface area (Å²) in [4.78, 5) is 29.1. The molecule has 3 aromatic carbocycles. The molecule has 0 aliphatic carbocycles. The number of anilines is 1. The fourth-order valence-corrected chi connectivity index (χ4v) is 3.17. The molecule has 1 aliphatic heterocycles. The van der Waals surface area contributed by atoms with Gasteiger partial charge < -0.3 is 14.8 Å². The van der Waals surface area contributed by atoms with E-state index in [9.17, 15) is 9.59 Å². The Kier molecular flexibility index (Phi) is 5.57. The molecule has 0 fully saturated rings. The molecule has 0 radical (unpaired) electrons. The van der Waals surface area contributed by atoms with Crippen molar-refractivity contribution in [3.8, 4) is 11.5 Å². The molecule has 3 aromatic rings. The molecule has 6 nitrogen and oxygen atoms in total. The van der Waals surface area contributed by atoms with Crippen LogP contribution in [-0.2, 0) is 4.79 Å². The first-order valence-corrected chi connectivity index (χ1v) is 9.49. The lowest BCUT2D eigenvalue weighted by Gasteiger charge is -2.15. The first-order valence-electron chi connectivity index (χ1n) is 9.49. The van der Waals surface area contributed by atoms with Gasteiger partial charge in [0.05, 0.1) is 24.9 Å². The molecule has 0 atom stereocenters. The molecule has 0 bridgehead atoms. The quantitative estimate of drug-likeness (QED) is 0.664. The summed E-state index contributed by atoms with van der Waals surface area (Å²) in [5.41, 5.74) is 3.56. The molecular weight excluding hydrogens is 380 g/mol. The van der Waals surface area contributed by atoms with Crippen LogP contribution in [0.4, 0.5) is 11.4 Å². The van der Waals surface area contributed by atoms with Crippen LogP contribution < -0.4 is 14.8 Å². The number of nitrogens with zero attached hydrogens (tertiary/aromatic N) is 1. The van der Waals surface area contributed by atoms with Gasteiger partial charge >= 0.3 is 0 Å². The number of nitrogens with one attached hydrogen (secondary N) is 1. The third-order valence-electron chi connectivity index (χ3n) is 4.72. The molecule has 30 heavy (non-hydrogen) atoms. The highest BCUT2D eigenvalue weighted by Crippen LogP contribution is 2.27. The molecule has 6 heteroatoms. The summed E-state index contributed by atoms with van der Waals surface area (Å²) >= 11 is 0. The van der Waals surface area contributed by atoms with E-state index in [1.54, 1.807) is 49.6 Å². The number of ether oxygens (including phenoxy) is 2. The van der Waals surface area contributed by atoms with E-state index in [0.717, 1.165) is 17.0 Å². The van der Waals surface area contributed by atoms with Gasteiger partial charge in [0.25, 0.3) is 5.91 Å². The lowest BCUT2D eigenvalue weighted by atomic mass is 9.96. The first kappa shape index (κ1) is 19.4. The maximum atomic E-state index is 12.3. The normalized spacial score (nSPS) is 12.6. The van der Waals surface area contributed by atoms with Gasteiger partial charge in [-0.1, -0.05) is 24.3 Å². The maximum absolute atomic E-state index is 12.3. The van der Waals surface area contributed by atoms with Crippen LogP contribution in [0.15, 0.2) is 77.8 Å². The van der Waals surface area contributed by atoms with Crippen LogP contribution in [0.2, 0.25) is 0 Å². The minimum absolute atomic E-state index is 0.0589. The number of benzene rings is 3. The van der Waals surface area contributed by atoms with Crippen molar-refractivity contribution < 1.29 is 19.1 Å². The predicted octanol–water partition coefficient (Wildman–Crippen LogP) is 4.42. The monoisotopic (exact) mass is 400 g/mol. The van der Waals surface area contributed by atoms with E-state index in [1.165, 1.54) is 0 Å². The molecule has 0 spiro atoms. The summed E-state index contributed by atoms with van der Waals surface area (Å²) < 4.78 is 10.6. The van der Waals surface area contributed by atoms with Gasteiger partial charge in [-0.05, 0) is 54.1 Å². The summed E-state index contributed by atoms with van der Waals surface area (Å²) in [7, 11) is 1.59. The fraction of sp³-hybridized carbons (Fsp3) is 0.125. The molecule has 4 rings (SSSR count). The van der Waals surface area contributed by atoms with Gasteiger partial charge in [-0.2, -0.15) is 0 Å². The predicted molar refractivity (Wildman–Crippen MR) is 115 cm³/mol. The number of aliphatic imine (C=N–C) groups is 1. The molecule has 1 amide bonds. The average molecular weight is 400 g/mol. The number of ketones is 1. The summed E-state index contributed by atoms with van der Waals surface area (Å²) in [6.07, 6.45) is 0.262. The number of hydrogen-bond acceptors (Lipinski definition) is 5. The fourth-order valence-electron chi connectivity index (χ4n) is 3.17. The van der Waals surface area contributed by atoms with E-state index in [1.807, 2.05) is 30.3 Å². The van der Waals surface area contributed by atoms with Crippen LogP contribution in [-0.4, -0.2) is 31.1 Å². The number of fused-ring (bicyclic) bond motifs is 1. The van der Waals surface area contributed by atoms with Crippen LogP contribution in [0.5, 0.6) is 11.5 Å². The Bertz CT molecular complexity index is 1100. The second-order valence-corrected chi connectivity index (χ2v) is 6.77. The van der Waals surface area contributed by atoms with Gasteiger partial charge in [-0.3, -0.25) is 14.6 Å². The Morgan fingerprint density at radius 2 is 1.67 bits per heavy atom. The molecule has 0 saturated carbocycles. The number of carbonyl (C=O) groups is 2. The van der Waals surface area contributed by atoms with Crippen LogP contribution >= 0.6 is 0 Å². The zero-order chi connectivity index (χ0) is 20.9. The average Bonchev–Trinajstić information content (AvgIpc) is 2.78. The van der Waals surface area contributed by atoms with E-state index in [2.05, 4.69) is 10.3 Å². The van der Waals surface area contributed by atoms with Crippen LogP contribution in [0.3, 0.4) is 0 Å². The summed E-state index contributed by atoms with van der Waals surface area (Å²) in [6.45, 7) is -0.105. The molecule has 150 valence electrons. The Labute approximate surface area is 174 Å². The number of hydrogen-bond donors (Lipinski definition) is 1. The lowest BCUT2D eigenvalue weighted by Crippen LogP contribution is -2.20. The van der Waals surface area contributed by atoms with Crippen LogP contribution in [0.1, 0.15) is 22.3 Å². The van der Waals surface area contributed by atoms with Crippen molar-refractivity contribution in [2.24, 2.45) is 4.99 Å². The van der Waals surface area contributed by atoms with E-state index in [0.29, 0.717) is 22.7 Å². The van der Waals surface area contributed by atoms with Gasteiger partial charge in [-0.25, -0.2) is 0 Å². The van der Waals surface area contributed by atoms with Crippen molar-refractivity contribution in [2.45, 2.75) is 6.42 Å². The zero-order valence-electron chi connectivity index (χ0n) is 16.4. The van der Waals surface area contributed by atoms with Crippen LogP contribution in [0, 0.1) is 0 Å². The minimum Gasteiger partial charge on any atom is -0.497 e. The second-order valence-electron chi connectivity index (χ2n) is 6.77. The second kappa shape index (κ2) is 8.61. The Morgan fingerprint density at radius 1 is 0.967 bits per heavy atom. The van der Waals surface area contributed by atoms with Gasteiger partial charge in [-0.15, -0.1) is 0 Å². The molecule has 1 aliphatic rings. The molecule has 0 saturated heterocycles. The molecule has 1 heterocycles. The third kappa shape index (κ3) is 4.38. The molecule has 0 aromatic heterocycles. The lowest BCUT2D eigenvalue weighted by molar-refractivity contribution is -0.118. The van der Waals surface area contributed by atoms with Crippen LogP contribution in [0.25, 0.3) is 0 Å². The summed E-state index contributed by atoms with van der Waals surface area (Å²) in [5, 5.41) is 2.79. The minimum atomic E-state index is -0.266. The maximum Gasteiger partial charge on any atom is 0.262 e. The van der Waals surface area contributed by atoms with E-state index in [4.69, 9.17) is 9.47 Å². The molecule has 0 unspecified atom stereocenters. The largest absolute Gasteiger partial charge is 0.497 e. The number of rotatable bonds is 6. The molecule has 1 N–H and O–H groups in total. The molecular formula is C24H20N2O4.